The van der Waals surface area contributed by atoms with Gasteiger partial charge in [-0.05, 0) is 43.9 Å². The molecule has 1 atom stereocenters. The van der Waals surface area contributed by atoms with Gasteiger partial charge in [-0.2, -0.15) is 0 Å². The van der Waals surface area contributed by atoms with Crippen molar-refractivity contribution in [3.63, 3.8) is 0 Å². The average molecular weight is 316 g/mol. The van der Waals surface area contributed by atoms with E-state index in [1.165, 1.54) is 0 Å². The first-order valence-electron chi connectivity index (χ1n) is 8.41. The highest BCUT2D eigenvalue weighted by Crippen LogP contribution is 2.22. The van der Waals surface area contributed by atoms with E-state index < -0.39 is 0 Å². The maximum atomic E-state index is 12.1. The number of hydrogen-bond acceptors (Lipinski definition) is 3. The lowest BCUT2D eigenvalue weighted by molar-refractivity contribution is -0.130. The third kappa shape index (κ3) is 4.47. The zero-order chi connectivity index (χ0) is 16.2. The highest BCUT2D eigenvalue weighted by atomic mass is 16.5. The Labute approximate surface area is 137 Å². The molecule has 2 aliphatic rings. The molecule has 23 heavy (non-hydrogen) atoms. The highest BCUT2D eigenvalue weighted by molar-refractivity contribution is 5.94. The molecule has 1 aliphatic heterocycles. The number of piperidine rings is 1. The molecule has 3 rings (SSSR count). The maximum absolute atomic E-state index is 12.1. The van der Waals surface area contributed by atoms with Crippen LogP contribution in [0.15, 0.2) is 24.3 Å². The Bertz CT molecular complexity index is 583. The van der Waals surface area contributed by atoms with Gasteiger partial charge in [0.1, 0.15) is 5.75 Å². The van der Waals surface area contributed by atoms with Crippen LogP contribution in [0.3, 0.4) is 0 Å². The Morgan fingerprint density at radius 2 is 2.13 bits per heavy atom. The van der Waals surface area contributed by atoms with Crippen molar-refractivity contribution in [3.8, 4) is 5.75 Å². The standard InChI is InChI=1S/C18H24N2O3/c1-13(21)20-9-3-4-14(11-20)12-23-17-6-2-5-15(10-17)18(22)19-16-7-8-16/h2,5-6,10,14,16H,3-4,7-9,11-12H2,1H3,(H,19,22). The Hall–Kier alpha value is -2.04. The summed E-state index contributed by atoms with van der Waals surface area (Å²) in [6.45, 7) is 3.81. The highest BCUT2D eigenvalue weighted by Gasteiger charge is 2.24. The zero-order valence-corrected chi connectivity index (χ0v) is 13.6. The molecule has 1 saturated carbocycles. The van der Waals surface area contributed by atoms with E-state index in [-0.39, 0.29) is 11.8 Å². The Balaban J connectivity index is 1.53. The summed E-state index contributed by atoms with van der Waals surface area (Å²) in [6, 6.07) is 7.68. The van der Waals surface area contributed by atoms with Gasteiger partial charge in [-0.1, -0.05) is 6.07 Å². The maximum Gasteiger partial charge on any atom is 0.251 e. The summed E-state index contributed by atoms with van der Waals surface area (Å²) >= 11 is 0. The van der Waals surface area contributed by atoms with Gasteiger partial charge in [-0.15, -0.1) is 0 Å². The third-order valence-electron chi connectivity index (χ3n) is 4.46. The third-order valence-corrected chi connectivity index (χ3v) is 4.46. The summed E-state index contributed by atoms with van der Waals surface area (Å²) in [5.41, 5.74) is 0.642. The van der Waals surface area contributed by atoms with Crippen molar-refractivity contribution in [2.45, 2.75) is 38.6 Å². The molecule has 1 aromatic carbocycles. The van der Waals surface area contributed by atoms with E-state index in [0.29, 0.717) is 29.9 Å². The molecule has 1 unspecified atom stereocenters. The first-order chi connectivity index (χ1) is 11.1. The second-order valence-electron chi connectivity index (χ2n) is 6.56. The van der Waals surface area contributed by atoms with Gasteiger partial charge >= 0.3 is 0 Å². The van der Waals surface area contributed by atoms with E-state index in [1.54, 1.807) is 13.0 Å². The van der Waals surface area contributed by atoms with Crippen LogP contribution in [0.2, 0.25) is 0 Å². The minimum atomic E-state index is -0.0293. The predicted octanol–water partition coefficient (Wildman–Crippen LogP) is 2.22. The van der Waals surface area contributed by atoms with Crippen LogP contribution in [0.1, 0.15) is 43.0 Å². The number of carbonyl (C=O) groups excluding carboxylic acids is 2. The number of nitrogens with zero attached hydrogens (tertiary/aromatic N) is 1. The SMILES string of the molecule is CC(=O)N1CCCC(COc2cccc(C(=O)NC3CC3)c2)C1. The van der Waals surface area contributed by atoms with Gasteiger partial charge in [0.05, 0.1) is 6.61 Å². The molecule has 1 heterocycles. The molecule has 0 aromatic heterocycles. The molecule has 5 nitrogen and oxygen atoms in total. The molecule has 5 heteroatoms. The van der Waals surface area contributed by atoms with Crippen molar-refractivity contribution in [3.05, 3.63) is 29.8 Å². The number of benzene rings is 1. The quantitative estimate of drug-likeness (QED) is 0.906. The van der Waals surface area contributed by atoms with Crippen molar-refractivity contribution in [2.24, 2.45) is 5.92 Å². The minimum Gasteiger partial charge on any atom is -0.493 e. The van der Waals surface area contributed by atoms with Gasteiger partial charge in [0, 0.05) is 37.5 Å². The summed E-state index contributed by atoms with van der Waals surface area (Å²) in [4.78, 5) is 25.4. The van der Waals surface area contributed by atoms with Gasteiger partial charge in [-0.25, -0.2) is 0 Å². The first kappa shape index (κ1) is 15.8. The van der Waals surface area contributed by atoms with E-state index in [1.807, 2.05) is 23.1 Å². The van der Waals surface area contributed by atoms with Crippen molar-refractivity contribution < 1.29 is 14.3 Å². The van der Waals surface area contributed by atoms with Crippen LogP contribution in [-0.4, -0.2) is 42.5 Å². The van der Waals surface area contributed by atoms with E-state index >= 15 is 0 Å². The summed E-state index contributed by atoms with van der Waals surface area (Å²) in [5.74, 6) is 1.18. The average Bonchev–Trinajstić information content (AvgIpc) is 3.37. The Kier molecular flexibility index (Phi) is 4.84. The topological polar surface area (TPSA) is 58.6 Å². The monoisotopic (exact) mass is 316 g/mol. The molecule has 1 saturated heterocycles. The molecule has 2 amide bonds. The Morgan fingerprint density at radius 1 is 1.30 bits per heavy atom. The molecule has 124 valence electrons. The lowest BCUT2D eigenvalue weighted by Gasteiger charge is -2.31. The molecule has 0 spiro atoms. The van der Waals surface area contributed by atoms with Gasteiger partial charge in [0.2, 0.25) is 5.91 Å². The number of carbonyl (C=O) groups is 2. The second kappa shape index (κ2) is 7.02. The Morgan fingerprint density at radius 3 is 2.87 bits per heavy atom. The number of likely N-dealkylation sites (tertiary alicyclic amines) is 1. The normalized spacial score (nSPS) is 20.9. The molecule has 2 fully saturated rings. The number of rotatable bonds is 5. The van der Waals surface area contributed by atoms with Crippen molar-refractivity contribution in [1.29, 1.82) is 0 Å². The second-order valence-corrected chi connectivity index (χ2v) is 6.56. The largest absolute Gasteiger partial charge is 0.493 e. The summed E-state index contributed by atoms with van der Waals surface area (Å²) in [7, 11) is 0. The van der Waals surface area contributed by atoms with E-state index in [2.05, 4.69) is 5.32 Å². The smallest absolute Gasteiger partial charge is 0.251 e. The molecule has 0 radical (unpaired) electrons. The van der Waals surface area contributed by atoms with Crippen LogP contribution in [0.5, 0.6) is 5.75 Å². The lowest BCUT2D eigenvalue weighted by Crippen LogP contribution is -2.40. The number of amides is 2. The molecule has 0 bridgehead atoms. The van der Waals surface area contributed by atoms with Crippen molar-refractivity contribution in [1.82, 2.24) is 10.2 Å². The van der Waals surface area contributed by atoms with Crippen molar-refractivity contribution in [2.75, 3.05) is 19.7 Å². The fourth-order valence-corrected chi connectivity index (χ4v) is 2.92. The fourth-order valence-electron chi connectivity index (χ4n) is 2.92. The molecule has 1 aliphatic carbocycles. The van der Waals surface area contributed by atoms with Crippen LogP contribution in [0, 0.1) is 5.92 Å². The van der Waals surface area contributed by atoms with Crippen LogP contribution in [-0.2, 0) is 4.79 Å². The summed E-state index contributed by atoms with van der Waals surface area (Å²) in [5, 5.41) is 2.98. The predicted molar refractivity (Wildman–Crippen MR) is 87.4 cm³/mol. The van der Waals surface area contributed by atoms with Gasteiger partial charge in [0.15, 0.2) is 0 Å². The van der Waals surface area contributed by atoms with Crippen LogP contribution in [0.25, 0.3) is 0 Å². The molecule has 1 aromatic rings. The molecule has 1 N–H and O–H groups in total. The van der Waals surface area contributed by atoms with E-state index in [4.69, 9.17) is 4.74 Å². The summed E-state index contributed by atoms with van der Waals surface area (Å²) in [6.07, 6.45) is 4.26. The molecular formula is C18H24N2O3. The fraction of sp³-hybridized carbons (Fsp3) is 0.556. The van der Waals surface area contributed by atoms with Crippen LogP contribution in [0.4, 0.5) is 0 Å². The molecular weight excluding hydrogens is 292 g/mol. The van der Waals surface area contributed by atoms with Crippen LogP contribution < -0.4 is 10.1 Å². The summed E-state index contributed by atoms with van der Waals surface area (Å²) < 4.78 is 5.87. The van der Waals surface area contributed by atoms with E-state index in [9.17, 15) is 9.59 Å². The van der Waals surface area contributed by atoms with Crippen LogP contribution >= 0.6 is 0 Å². The van der Waals surface area contributed by atoms with Gasteiger partial charge < -0.3 is 15.0 Å². The number of ether oxygens (including phenoxy) is 1. The zero-order valence-electron chi connectivity index (χ0n) is 13.6. The number of hydrogen-bond donors (Lipinski definition) is 1. The van der Waals surface area contributed by atoms with Gasteiger partial charge in [0.25, 0.3) is 5.91 Å². The number of nitrogens with one attached hydrogen (secondary N) is 1. The van der Waals surface area contributed by atoms with Gasteiger partial charge in [-0.3, -0.25) is 9.59 Å². The van der Waals surface area contributed by atoms with Crippen molar-refractivity contribution >= 4 is 11.8 Å². The lowest BCUT2D eigenvalue weighted by atomic mass is 9.99. The van der Waals surface area contributed by atoms with E-state index in [0.717, 1.165) is 38.8 Å². The minimum absolute atomic E-state index is 0.0293. The first-order valence-corrected chi connectivity index (χ1v) is 8.41.